The molecule has 0 aliphatic heterocycles. The average molecular weight is 432 g/mol. The number of aryl methyl sites for hydroxylation is 2. The number of hydrogen-bond acceptors (Lipinski definition) is 5. The van der Waals surface area contributed by atoms with E-state index in [-0.39, 0.29) is 17.4 Å². The summed E-state index contributed by atoms with van der Waals surface area (Å²) in [7, 11) is -3.76. The lowest BCUT2D eigenvalue weighted by Gasteiger charge is -2.18. The minimum Gasteiger partial charge on any atom is -0.484 e. The van der Waals surface area contributed by atoms with Gasteiger partial charge in [0.25, 0.3) is 15.9 Å². The van der Waals surface area contributed by atoms with Crippen LogP contribution in [0, 0.1) is 13.8 Å². The fraction of sp³-hybridized carbons (Fsp3) is 0.364. The Morgan fingerprint density at radius 1 is 1.07 bits per heavy atom. The first-order valence-electron chi connectivity index (χ1n) is 9.82. The maximum atomic E-state index is 12.6. The first-order chi connectivity index (χ1) is 14.2. The summed E-state index contributed by atoms with van der Waals surface area (Å²) in [6.45, 7) is 10.4. The molecule has 30 heavy (non-hydrogen) atoms. The summed E-state index contributed by atoms with van der Waals surface area (Å²) in [5.41, 5.74) is 2.76. The van der Waals surface area contributed by atoms with Gasteiger partial charge in [-0.3, -0.25) is 4.79 Å². The van der Waals surface area contributed by atoms with Gasteiger partial charge in [0, 0.05) is 13.1 Å². The summed E-state index contributed by atoms with van der Waals surface area (Å²) < 4.78 is 30.7. The Morgan fingerprint density at radius 2 is 1.70 bits per heavy atom. The third kappa shape index (κ3) is 6.06. The molecule has 0 saturated heterocycles. The van der Waals surface area contributed by atoms with Gasteiger partial charge in [-0.2, -0.15) is 18.4 Å². The first kappa shape index (κ1) is 23.4. The van der Waals surface area contributed by atoms with Crippen LogP contribution >= 0.6 is 0 Å². The van der Waals surface area contributed by atoms with Gasteiger partial charge in [-0.25, -0.2) is 0 Å². The Labute approximate surface area is 178 Å². The molecule has 162 valence electrons. The van der Waals surface area contributed by atoms with Crippen LogP contribution in [0.5, 0.6) is 5.75 Å². The lowest BCUT2D eigenvalue weighted by Crippen LogP contribution is -2.34. The summed E-state index contributed by atoms with van der Waals surface area (Å²) in [6.07, 6.45) is 0. The van der Waals surface area contributed by atoms with E-state index < -0.39 is 10.0 Å². The van der Waals surface area contributed by atoms with Gasteiger partial charge < -0.3 is 9.64 Å². The topological polar surface area (TPSA) is 88.1 Å². The predicted molar refractivity (Wildman–Crippen MR) is 118 cm³/mol. The maximum Gasteiger partial charge on any atom is 0.276 e. The molecule has 0 spiro atoms. The van der Waals surface area contributed by atoms with Crippen molar-refractivity contribution in [2.75, 3.05) is 19.7 Å². The highest BCUT2D eigenvalue weighted by molar-refractivity contribution is 7.89. The zero-order valence-corrected chi connectivity index (χ0v) is 18.9. The highest BCUT2D eigenvalue weighted by Crippen LogP contribution is 2.17. The number of hydrogen-bond donors (Lipinski definition) is 1. The van der Waals surface area contributed by atoms with Crippen molar-refractivity contribution in [1.29, 1.82) is 0 Å². The molecule has 0 bridgehead atoms. The van der Waals surface area contributed by atoms with Crippen molar-refractivity contribution in [2.24, 2.45) is 5.10 Å². The summed E-state index contributed by atoms with van der Waals surface area (Å²) in [5.74, 6) is 0.491. The summed E-state index contributed by atoms with van der Waals surface area (Å²) >= 11 is 0. The third-order valence-electron chi connectivity index (χ3n) is 4.72. The molecule has 7 nitrogen and oxygen atoms in total. The zero-order valence-electron chi connectivity index (χ0n) is 18.1. The lowest BCUT2D eigenvalue weighted by atomic mass is 10.1. The van der Waals surface area contributed by atoms with Gasteiger partial charge in [0.2, 0.25) is 0 Å². The van der Waals surface area contributed by atoms with Crippen molar-refractivity contribution in [3.63, 3.8) is 0 Å². The standard InChI is InChI=1S/C22H29N3O4S/c1-6-25(7-2)22(26)15-29-20-12-10-19(11-13-20)18(5)23-24-30(27,28)21-14-16(3)8-9-17(21)4/h8-14,24H,6-7,15H2,1-5H3. The number of nitrogens with one attached hydrogen (secondary N) is 1. The van der Waals surface area contributed by atoms with Crippen LogP contribution < -0.4 is 9.57 Å². The van der Waals surface area contributed by atoms with Crippen LogP contribution in [0.15, 0.2) is 52.5 Å². The number of carbonyl (C=O) groups excluding carboxylic acids is 1. The highest BCUT2D eigenvalue weighted by Gasteiger charge is 2.16. The van der Waals surface area contributed by atoms with Gasteiger partial charge in [-0.15, -0.1) is 0 Å². The molecule has 1 N–H and O–H groups in total. The Bertz CT molecular complexity index is 1010. The molecule has 0 unspecified atom stereocenters. The molecule has 0 aliphatic carbocycles. The number of ether oxygens (including phenoxy) is 1. The number of hydrazone groups is 1. The fourth-order valence-corrected chi connectivity index (χ4v) is 4.03. The number of nitrogens with zero attached hydrogens (tertiary/aromatic N) is 2. The van der Waals surface area contributed by atoms with Crippen molar-refractivity contribution in [1.82, 2.24) is 9.73 Å². The Balaban J connectivity index is 2.05. The average Bonchev–Trinajstić information content (AvgIpc) is 2.73. The van der Waals surface area contributed by atoms with Crippen LogP contribution in [0.25, 0.3) is 0 Å². The van der Waals surface area contributed by atoms with E-state index in [1.807, 2.05) is 26.8 Å². The van der Waals surface area contributed by atoms with Gasteiger partial charge in [0.05, 0.1) is 10.6 Å². The largest absolute Gasteiger partial charge is 0.484 e. The molecule has 2 aromatic carbocycles. The van der Waals surface area contributed by atoms with E-state index in [0.29, 0.717) is 30.1 Å². The quantitative estimate of drug-likeness (QED) is 0.488. The molecule has 0 fully saturated rings. The number of likely N-dealkylation sites (N-methyl/N-ethyl adjacent to an activating group) is 1. The molecular weight excluding hydrogens is 402 g/mol. The van der Waals surface area contributed by atoms with E-state index in [9.17, 15) is 13.2 Å². The second-order valence-electron chi connectivity index (χ2n) is 6.94. The van der Waals surface area contributed by atoms with E-state index in [1.54, 1.807) is 55.1 Å². The lowest BCUT2D eigenvalue weighted by molar-refractivity contribution is -0.132. The van der Waals surface area contributed by atoms with E-state index in [0.717, 1.165) is 11.1 Å². The second kappa shape index (κ2) is 10.2. The predicted octanol–water partition coefficient (Wildman–Crippen LogP) is 3.25. The molecule has 8 heteroatoms. The van der Waals surface area contributed by atoms with Crippen LogP contribution in [-0.2, 0) is 14.8 Å². The number of rotatable bonds is 9. The van der Waals surface area contributed by atoms with Crippen LogP contribution in [0.1, 0.15) is 37.5 Å². The minimum atomic E-state index is -3.76. The van der Waals surface area contributed by atoms with Crippen LogP contribution in [-0.4, -0.2) is 44.6 Å². The monoisotopic (exact) mass is 431 g/mol. The molecule has 0 radical (unpaired) electrons. The van der Waals surface area contributed by atoms with E-state index >= 15 is 0 Å². The molecular formula is C22H29N3O4S. The van der Waals surface area contributed by atoms with Crippen LogP contribution in [0.2, 0.25) is 0 Å². The number of benzene rings is 2. The molecule has 0 aliphatic rings. The molecule has 0 aromatic heterocycles. The maximum absolute atomic E-state index is 12.6. The van der Waals surface area contributed by atoms with Gasteiger partial charge >= 0.3 is 0 Å². The molecule has 0 heterocycles. The summed E-state index contributed by atoms with van der Waals surface area (Å²) in [5, 5.41) is 4.04. The summed E-state index contributed by atoms with van der Waals surface area (Å²) in [6, 6.07) is 12.2. The van der Waals surface area contributed by atoms with E-state index in [2.05, 4.69) is 9.93 Å². The highest BCUT2D eigenvalue weighted by atomic mass is 32.2. The Kier molecular flexibility index (Phi) is 8.00. The van der Waals surface area contributed by atoms with Crippen molar-refractivity contribution in [2.45, 2.75) is 39.5 Å². The van der Waals surface area contributed by atoms with Crippen molar-refractivity contribution < 1.29 is 17.9 Å². The molecule has 0 atom stereocenters. The van der Waals surface area contributed by atoms with Crippen molar-refractivity contribution >= 4 is 21.6 Å². The number of carbonyl (C=O) groups is 1. The third-order valence-corrected chi connectivity index (χ3v) is 6.07. The zero-order chi connectivity index (χ0) is 22.3. The van der Waals surface area contributed by atoms with E-state index in [4.69, 9.17) is 4.74 Å². The molecule has 2 aromatic rings. The smallest absolute Gasteiger partial charge is 0.276 e. The Morgan fingerprint density at radius 3 is 2.30 bits per heavy atom. The van der Waals surface area contributed by atoms with Crippen LogP contribution in [0.3, 0.4) is 0 Å². The van der Waals surface area contributed by atoms with Crippen LogP contribution in [0.4, 0.5) is 0 Å². The van der Waals surface area contributed by atoms with Gasteiger partial charge in [-0.1, -0.05) is 12.1 Å². The normalized spacial score (nSPS) is 11.8. The minimum absolute atomic E-state index is 0.0241. The van der Waals surface area contributed by atoms with Crippen molar-refractivity contribution in [3.8, 4) is 5.75 Å². The number of amides is 1. The van der Waals surface area contributed by atoms with Gasteiger partial charge in [0.1, 0.15) is 5.75 Å². The van der Waals surface area contributed by atoms with Gasteiger partial charge in [0.15, 0.2) is 6.61 Å². The molecule has 2 rings (SSSR count). The van der Waals surface area contributed by atoms with E-state index in [1.165, 1.54) is 0 Å². The SMILES string of the molecule is CCN(CC)C(=O)COc1ccc(C(C)=NNS(=O)(=O)c2cc(C)ccc2C)cc1. The fourth-order valence-electron chi connectivity index (χ4n) is 2.84. The first-order valence-corrected chi connectivity index (χ1v) is 11.3. The molecule has 1 amide bonds. The van der Waals surface area contributed by atoms with Gasteiger partial charge in [-0.05, 0) is 81.6 Å². The molecule has 0 saturated carbocycles. The second-order valence-corrected chi connectivity index (χ2v) is 8.57. The number of sulfonamides is 1. The summed E-state index contributed by atoms with van der Waals surface area (Å²) in [4.78, 5) is 16.2. The van der Waals surface area contributed by atoms with Crippen molar-refractivity contribution in [3.05, 3.63) is 59.2 Å². The Hall–Kier alpha value is -2.87.